The third kappa shape index (κ3) is 12.1. The summed E-state index contributed by atoms with van der Waals surface area (Å²) >= 11 is 0. The second-order valence-electron chi connectivity index (χ2n) is 7.41. The van der Waals surface area contributed by atoms with Crippen molar-refractivity contribution in [1.82, 2.24) is 4.98 Å². The van der Waals surface area contributed by atoms with Gasteiger partial charge >= 0.3 is 11.9 Å². The van der Waals surface area contributed by atoms with Gasteiger partial charge in [0.05, 0.1) is 13.2 Å². The van der Waals surface area contributed by atoms with Crippen LogP contribution in [0.15, 0.2) is 18.2 Å². The number of carbonyl (C=O) groups is 4. The summed E-state index contributed by atoms with van der Waals surface area (Å²) in [6, 6.07) is 4.58. The van der Waals surface area contributed by atoms with Crippen molar-refractivity contribution in [3.05, 3.63) is 29.6 Å². The smallest absolute Gasteiger partial charge is 0.356 e. The third-order valence-corrected chi connectivity index (χ3v) is 4.48. The molecule has 0 bridgehead atoms. The highest BCUT2D eigenvalue weighted by atomic mass is 16.5. The number of Topliss-reactive ketones (excluding diaryl/α,β-unsaturated/α-hetero) is 2. The molecule has 7 nitrogen and oxygen atoms in total. The topological polar surface area (TPSA) is 99.6 Å². The lowest BCUT2D eigenvalue weighted by molar-refractivity contribution is -0.117. The van der Waals surface area contributed by atoms with Crippen molar-refractivity contribution in [1.29, 1.82) is 0 Å². The zero-order chi connectivity index (χ0) is 22.2. The Morgan fingerprint density at radius 2 is 1.07 bits per heavy atom. The summed E-state index contributed by atoms with van der Waals surface area (Å²) in [6.07, 6.45) is 7.94. The Balaban J connectivity index is 2.26. The van der Waals surface area contributed by atoms with Crippen LogP contribution in [0.4, 0.5) is 0 Å². The molecule has 0 radical (unpaired) electrons. The summed E-state index contributed by atoms with van der Waals surface area (Å²) in [5.74, 6) is -0.760. The minimum absolute atomic E-state index is 0.0743. The molecular formula is C23H33NO6. The molecule has 0 spiro atoms. The van der Waals surface area contributed by atoms with Gasteiger partial charge in [-0.05, 0) is 51.7 Å². The number of hydrogen-bond donors (Lipinski definition) is 0. The lowest BCUT2D eigenvalue weighted by Gasteiger charge is -2.07. The molecule has 0 aromatic carbocycles. The van der Waals surface area contributed by atoms with Crippen molar-refractivity contribution in [3.8, 4) is 0 Å². The van der Waals surface area contributed by atoms with E-state index >= 15 is 0 Å². The van der Waals surface area contributed by atoms with Crippen LogP contribution in [0.3, 0.4) is 0 Å². The van der Waals surface area contributed by atoms with Crippen molar-refractivity contribution in [2.45, 2.75) is 78.1 Å². The Kier molecular flexibility index (Phi) is 13.0. The second-order valence-corrected chi connectivity index (χ2v) is 7.41. The molecule has 1 aromatic heterocycles. The van der Waals surface area contributed by atoms with Gasteiger partial charge in [0.1, 0.15) is 23.0 Å². The maximum Gasteiger partial charge on any atom is 0.356 e. The number of rotatable bonds is 16. The van der Waals surface area contributed by atoms with E-state index in [1.807, 2.05) is 0 Å². The van der Waals surface area contributed by atoms with Gasteiger partial charge in [-0.1, -0.05) is 31.7 Å². The van der Waals surface area contributed by atoms with Crippen molar-refractivity contribution < 1.29 is 28.7 Å². The SMILES string of the molecule is CC(=O)CCCCCCOC(=O)c1cccc(C(=O)OCCCCCCC(C)=O)n1. The molecule has 0 amide bonds. The third-order valence-electron chi connectivity index (χ3n) is 4.48. The second kappa shape index (κ2) is 15.3. The minimum atomic E-state index is -0.571. The Hall–Kier alpha value is -2.57. The predicted molar refractivity (Wildman–Crippen MR) is 112 cm³/mol. The van der Waals surface area contributed by atoms with Gasteiger partial charge in [0.15, 0.2) is 0 Å². The van der Waals surface area contributed by atoms with Crippen molar-refractivity contribution in [3.63, 3.8) is 0 Å². The Labute approximate surface area is 178 Å². The molecule has 0 unspecified atom stereocenters. The number of carbonyl (C=O) groups excluding carboxylic acids is 4. The number of ketones is 2. The normalized spacial score (nSPS) is 10.5. The van der Waals surface area contributed by atoms with Crippen molar-refractivity contribution in [2.75, 3.05) is 13.2 Å². The van der Waals surface area contributed by atoms with Gasteiger partial charge in [0.2, 0.25) is 0 Å². The average Bonchev–Trinajstić information content (AvgIpc) is 2.71. The monoisotopic (exact) mass is 419 g/mol. The van der Waals surface area contributed by atoms with E-state index in [0.717, 1.165) is 51.4 Å². The summed E-state index contributed by atoms with van der Waals surface area (Å²) < 4.78 is 10.4. The number of hydrogen-bond acceptors (Lipinski definition) is 7. The molecule has 1 aromatic rings. The van der Waals surface area contributed by atoms with Crippen LogP contribution in [0.1, 0.15) is 99.0 Å². The van der Waals surface area contributed by atoms with Gasteiger partial charge in [0.25, 0.3) is 0 Å². The standard InChI is InChI=1S/C23H33NO6/c1-18(25)12-7-3-5-9-16-29-22(27)20-14-11-15-21(24-20)23(28)30-17-10-6-4-8-13-19(2)26/h11,14-15H,3-10,12-13,16-17H2,1-2H3. The van der Waals surface area contributed by atoms with Gasteiger partial charge in [-0.25, -0.2) is 14.6 Å². The lowest BCUT2D eigenvalue weighted by atomic mass is 10.1. The van der Waals surface area contributed by atoms with Gasteiger partial charge in [0, 0.05) is 12.8 Å². The molecule has 0 aliphatic rings. The first-order valence-electron chi connectivity index (χ1n) is 10.7. The summed E-state index contributed by atoms with van der Waals surface area (Å²) in [7, 11) is 0. The first-order chi connectivity index (χ1) is 14.4. The first-order valence-corrected chi connectivity index (χ1v) is 10.7. The number of pyridine rings is 1. The van der Waals surface area contributed by atoms with Gasteiger partial charge < -0.3 is 19.1 Å². The van der Waals surface area contributed by atoms with Crippen LogP contribution in [0, 0.1) is 0 Å². The maximum atomic E-state index is 12.1. The molecule has 0 aliphatic carbocycles. The molecule has 1 rings (SSSR count). The highest BCUT2D eigenvalue weighted by Gasteiger charge is 2.14. The first kappa shape index (κ1) is 25.5. The van der Waals surface area contributed by atoms with E-state index in [4.69, 9.17) is 9.47 Å². The fourth-order valence-electron chi connectivity index (χ4n) is 2.80. The fourth-order valence-corrected chi connectivity index (χ4v) is 2.80. The lowest BCUT2D eigenvalue weighted by Crippen LogP contribution is -2.13. The summed E-state index contributed by atoms with van der Waals surface area (Å²) in [4.78, 5) is 50.0. The number of aromatic nitrogens is 1. The molecule has 0 fully saturated rings. The predicted octanol–water partition coefficient (Wildman–Crippen LogP) is 4.47. The van der Waals surface area contributed by atoms with E-state index < -0.39 is 11.9 Å². The molecule has 1 heterocycles. The zero-order valence-electron chi connectivity index (χ0n) is 18.1. The van der Waals surface area contributed by atoms with Crippen LogP contribution in [-0.2, 0) is 19.1 Å². The summed E-state index contributed by atoms with van der Waals surface area (Å²) in [5, 5.41) is 0. The molecule has 166 valence electrons. The van der Waals surface area contributed by atoms with E-state index in [0.29, 0.717) is 12.8 Å². The molecule has 0 saturated carbocycles. The number of ether oxygens (including phenoxy) is 2. The van der Waals surface area contributed by atoms with Crippen LogP contribution in [0.5, 0.6) is 0 Å². The van der Waals surface area contributed by atoms with E-state index in [2.05, 4.69) is 4.98 Å². The quantitative estimate of drug-likeness (QED) is 0.288. The van der Waals surface area contributed by atoms with Gasteiger partial charge in [-0.2, -0.15) is 0 Å². The van der Waals surface area contributed by atoms with Crippen molar-refractivity contribution in [2.24, 2.45) is 0 Å². The molecule has 0 saturated heterocycles. The van der Waals surface area contributed by atoms with E-state index in [1.165, 1.54) is 12.1 Å². The highest BCUT2D eigenvalue weighted by molar-refractivity contribution is 5.91. The molecule has 0 N–H and O–H groups in total. The highest BCUT2D eigenvalue weighted by Crippen LogP contribution is 2.08. The van der Waals surface area contributed by atoms with Crippen LogP contribution < -0.4 is 0 Å². The summed E-state index contributed by atoms with van der Waals surface area (Å²) in [6.45, 7) is 3.71. The van der Waals surface area contributed by atoms with Crippen LogP contribution in [0.25, 0.3) is 0 Å². The number of nitrogens with zero attached hydrogens (tertiary/aromatic N) is 1. The molecule has 0 atom stereocenters. The Morgan fingerprint density at radius 1 is 0.667 bits per heavy atom. The number of unbranched alkanes of at least 4 members (excludes halogenated alkanes) is 6. The maximum absolute atomic E-state index is 12.1. The average molecular weight is 420 g/mol. The molecule has 30 heavy (non-hydrogen) atoms. The van der Waals surface area contributed by atoms with Crippen molar-refractivity contribution >= 4 is 23.5 Å². The van der Waals surface area contributed by atoms with Gasteiger partial charge in [-0.15, -0.1) is 0 Å². The van der Waals surface area contributed by atoms with Crippen LogP contribution in [0.2, 0.25) is 0 Å². The largest absolute Gasteiger partial charge is 0.461 e. The Bertz CT molecular complexity index is 645. The fraction of sp³-hybridized carbons (Fsp3) is 0.609. The molecule has 0 aliphatic heterocycles. The number of esters is 2. The van der Waals surface area contributed by atoms with Crippen LogP contribution in [-0.4, -0.2) is 41.7 Å². The van der Waals surface area contributed by atoms with Crippen LogP contribution >= 0.6 is 0 Å². The Morgan fingerprint density at radius 3 is 1.47 bits per heavy atom. The van der Waals surface area contributed by atoms with E-state index in [-0.39, 0.29) is 36.2 Å². The summed E-state index contributed by atoms with van der Waals surface area (Å²) in [5.41, 5.74) is 0.149. The zero-order valence-corrected chi connectivity index (χ0v) is 18.1. The molecular weight excluding hydrogens is 386 g/mol. The molecule has 7 heteroatoms. The van der Waals surface area contributed by atoms with E-state index in [1.54, 1.807) is 19.9 Å². The van der Waals surface area contributed by atoms with E-state index in [9.17, 15) is 19.2 Å². The minimum Gasteiger partial charge on any atom is -0.461 e. The van der Waals surface area contributed by atoms with Gasteiger partial charge in [-0.3, -0.25) is 0 Å².